The SMILES string of the molecule is C[C@@H](Oc1ccc2ccccc2c1C=O)C(=O)Nc1cccc(C#N)c1. The quantitative estimate of drug-likeness (QED) is 0.711. The predicted octanol–water partition coefficient (Wildman–Crippen LogP) is 3.93. The molecule has 0 aromatic heterocycles. The topological polar surface area (TPSA) is 79.2 Å². The first kappa shape index (κ1) is 17.2. The number of amides is 1. The third-order valence-corrected chi connectivity index (χ3v) is 3.98. The molecule has 3 rings (SSSR count). The Kier molecular flexibility index (Phi) is 4.95. The van der Waals surface area contributed by atoms with E-state index < -0.39 is 6.10 Å². The second-order valence-corrected chi connectivity index (χ2v) is 5.76. The summed E-state index contributed by atoms with van der Waals surface area (Å²) in [5.41, 5.74) is 1.38. The Labute approximate surface area is 150 Å². The number of benzene rings is 3. The van der Waals surface area contributed by atoms with Crippen molar-refractivity contribution < 1.29 is 14.3 Å². The number of rotatable bonds is 5. The number of nitriles is 1. The molecular formula is C21H16N2O3. The Morgan fingerprint density at radius 1 is 1.15 bits per heavy atom. The molecule has 0 saturated heterocycles. The van der Waals surface area contributed by atoms with Gasteiger partial charge < -0.3 is 10.1 Å². The molecule has 5 nitrogen and oxygen atoms in total. The Morgan fingerprint density at radius 3 is 2.73 bits per heavy atom. The number of anilines is 1. The Bertz CT molecular complexity index is 1020. The third kappa shape index (κ3) is 3.55. The molecule has 0 spiro atoms. The van der Waals surface area contributed by atoms with Gasteiger partial charge in [-0.05, 0) is 42.0 Å². The second-order valence-electron chi connectivity index (χ2n) is 5.76. The fourth-order valence-corrected chi connectivity index (χ4v) is 2.65. The Hall–Kier alpha value is -3.65. The monoisotopic (exact) mass is 344 g/mol. The lowest BCUT2D eigenvalue weighted by atomic mass is 10.0. The molecule has 0 aliphatic rings. The van der Waals surface area contributed by atoms with Gasteiger partial charge in [-0.2, -0.15) is 5.26 Å². The lowest BCUT2D eigenvalue weighted by Crippen LogP contribution is -2.30. The maximum atomic E-state index is 12.4. The van der Waals surface area contributed by atoms with E-state index in [9.17, 15) is 9.59 Å². The molecule has 3 aromatic rings. The molecule has 0 unspecified atom stereocenters. The molecule has 1 atom stereocenters. The van der Waals surface area contributed by atoms with E-state index in [-0.39, 0.29) is 5.91 Å². The summed E-state index contributed by atoms with van der Waals surface area (Å²) >= 11 is 0. The van der Waals surface area contributed by atoms with Crippen LogP contribution in [0.2, 0.25) is 0 Å². The zero-order valence-corrected chi connectivity index (χ0v) is 14.1. The first-order valence-corrected chi connectivity index (χ1v) is 8.07. The number of ether oxygens (including phenoxy) is 1. The predicted molar refractivity (Wildman–Crippen MR) is 99.2 cm³/mol. The van der Waals surface area contributed by atoms with Gasteiger partial charge in [0.05, 0.1) is 17.2 Å². The maximum Gasteiger partial charge on any atom is 0.265 e. The molecule has 0 saturated carbocycles. The van der Waals surface area contributed by atoms with Crippen LogP contribution in [-0.2, 0) is 4.79 Å². The molecule has 128 valence electrons. The summed E-state index contributed by atoms with van der Waals surface area (Å²) in [6.07, 6.45) is -0.0841. The molecule has 0 heterocycles. The zero-order chi connectivity index (χ0) is 18.5. The number of carbonyl (C=O) groups excluding carboxylic acids is 2. The number of nitrogens with one attached hydrogen (secondary N) is 1. The fourth-order valence-electron chi connectivity index (χ4n) is 2.65. The molecule has 5 heteroatoms. The van der Waals surface area contributed by atoms with Crippen molar-refractivity contribution in [3.63, 3.8) is 0 Å². The first-order valence-electron chi connectivity index (χ1n) is 8.07. The highest BCUT2D eigenvalue weighted by Gasteiger charge is 2.18. The number of hydrogen-bond donors (Lipinski definition) is 1. The van der Waals surface area contributed by atoms with Crippen molar-refractivity contribution >= 4 is 28.7 Å². The van der Waals surface area contributed by atoms with Gasteiger partial charge in [0.1, 0.15) is 5.75 Å². The number of hydrogen-bond acceptors (Lipinski definition) is 4. The molecule has 0 fully saturated rings. The van der Waals surface area contributed by atoms with Crippen molar-refractivity contribution in [2.75, 3.05) is 5.32 Å². The molecular weight excluding hydrogens is 328 g/mol. The van der Waals surface area contributed by atoms with E-state index in [2.05, 4.69) is 5.32 Å². The molecule has 26 heavy (non-hydrogen) atoms. The lowest BCUT2D eigenvalue weighted by molar-refractivity contribution is -0.122. The number of nitrogens with zero attached hydrogens (tertiary/aromatic N) is 1. The number of fused-ring (bicyclic) bond motifs is 1. The van der Waals surface area contributed by atoms with Gasteiger partial charge in [0.25, 0.3) is 5.91 Å². The normalized spacial score (nSPS) is 11.4. The van der Waals surface area contributed by atoms with E-state index in [4.69, 9.17) is 10.00 Å². The van der Waals surface area contributed by atoms with E-state index in [1.54, 1.807) is 37.3 Å². The van der Waals surface area contributed by atoms with Gasteiger partial charge in [-0.3, -0.25) is 9.59 Å². The molecule has 0 aliphatic carbocycles. The minimum Gasteiger partial charge on any atom is -0.480 e. The maximum absolute atomic E-state index is 12.4. The lowest BCUT2D eigenvalue weighted by Gasteiger charge is -2.17. The van der Waals surface area contributed by atoms with Crippen molar-refractivity contribution in [3.8, 4) is 11.8 Å². The molecule has 1 N–H and O–H groups in total. The van der Waals surface area contributed by atoms with Crippen LogP contribution in [0.4, 0.5) is 5.69 Å². The zero-order valence-electron chi connectivity index (χ0n) is 14.1. The minimum absolute atomic E-state index is 0.354. The third-order valence-electron chi connectivity index (χ3n) is 3.98. The Morgan fingerprint density at radius 2 is 1.96 bits per heavy atom. The van der Waals surface area contributed by atoms with Crippen molar-refractivity contribution in [3.05, 3.63) is 71.8 Å². The molecule has 1 amide bonds. The van der Waals surface area contributed by atoms with Gasteiger partial charge in [0, 0.05) is 5.69 Å². The standard InChI is InChI=1S/C21H16N2O3/c1-14(21(25)23-17-7-4-5-15(11-17)12-22)26-20-10-9-16-6-2-3-8-18(16)19(20)13-24/h2-11,13-14H,1H3,(H,23,25)/t14-/m1/s1. The Balaban J connectivity index is 1.80. The summed E-state index contributed by atoms with van der Waals surface area (Å²) in [5, 5.41) is 13.3. The number of carbonyl (C=O) groups is 2. The van der Waals surface area contributed by atoms with Gasteiger partial charge in [0.2, 0.25) is 0 Å². The van der Waals surface area contributed by atoms with Crippen molar-refractivity contribution in [1.29, 1.82) is 5.26 Å². The van der Waals surface area contributed by atoms with E-state index in [0.717, 1.165) is 17.1 Å². The van der Waals surface area contributed by atoms with Crippen LogP contribution in [-0.4, -0.2) is 18.3 Å². The minimum atomic E-state index is -0.819. The van der Waals surface area contributed by atoms with Gasteiger partial charge in [0.15, 0.2) is 12.4 Å². The van der Waals surface area contributed by atoms with Crippen molar-refractivity contribution in [1.82, 2.24) is 0 Å². The van der Waals surface area contributed by atoms with Crippen LogP contribution < -0.4 is 10.1 Å². The van der Waals surface area contributed by atoms with Gasteiger partial charge in [-0.15, -0.1) is 0 Å². The van der Waals surface area contributed by atoms with Crippen LogP contribution in [0.15, 0.2) is 60.7 Å². The smallest absolute Gasteiger partial charge is 0.265 e. The highest BCUT2D eigenvalue weighted by molar-refractivity contribution is 6.01. The number of aldehydes is 1. The summed E-state index contributed by atoms with van der Waals surface area (Å²) in [6, 6.07) is 19.6. The highest BCUT2D eigenvalue weighted by Crippen LogP contribution is 2.27. The summed E-state index contributed by atoms with van der Waals surface area (Å²) < 4.78 is 5.73. The van der Waals surface area contributed by atoms with Crippen LogP contribution in [0, 0.1) is 11.3 Å². The average molecular weight is 344 g/mol. The van der Waals surface area contributed by atoms with Gasteiger partial charge >= 0.3 is 0 Å². The van der Waals surface area contributed by atoms with Crippen LogP contribution in [0.5, 0.6) is 5.75 Å². The second kappa shape index (κ2) is 7.49. The van der Waals surface area contributed by atoms with Gasteiger partial charge in [-0.1, -0.05) is 36.4 Å². The summed E-state index contributed by atoms with van der Waals surface area (Å²) in [6.45, 7) is 1.60. The summed E-state index contributed by atoms with van der Waals surface area (Å²) in [7, 11) is 0. The summed E-state index contributed by atoms with van der Waals surface area (Å²) in [4.78, 5) is 23.9. The summed E-state index contributed by atoms with van der Waals surface area (Å²) in [5.74, 6) is -0.0165. The van der Waals surface area contributed by atoms with E-state index in [1.165, 1.54) is 0 Å². The molecule has 0 bridgehead atoms. The fraction of sp³-hybridized carbons (Fsp3) is 0.0952. The first-order chi connectivity index (χ1) is 12.6. The average Bonchev–Trinajstić information content (AvgIpc) is 2.67. The molecule has 3 aromatic carbocycles. The van der Waals surface area contributed by atoms with Crippen LogP contribution in [0.3, 0.4) is 0 Å². The van der Waals surface area contributed by atoms with E-state index >= 15 is 0 Å². The molecule has 0 radical (unpaired) electrons. The van der Waals surface area contributed by atoms with Crippen LogP contribution >= 0.6 is 0 Å². The largest absolute Gasteiger partial charge is 0.480 e. The van der Waals surface area contributed by atoms with Crippen LogP contribution in [0.1, 0.15) is 22.8 Å². The van der Waals surface area contributed by atoms with Crippen LogP contribution in [0.25, 0.3) is 10.8 Å². The highest BCUT2D eigenvalue weighted by atomic mass is 16.5. The van der Waals surface area contributed by atoms with E-state index in [1.807, 2.05) is 36.4 Å². The molecule has 0 aliphatic heterocycles. The van der Waals surface area contributed by atoms with Gasteiger partial charge in [-0.25, -0.2) is 0 Å². The van der Waals surface area contributed by atoms with Crippen molar-refractivity contribution in [2.45, 2.75) is 13.0 Å². The van der Waals surface area contributed by atoms with E-state index in [0.29, 0.717) is 22.6 Å². The van der Waals surface area contributed by atoms with Crippen molar-refractivity contribution in [2.24, 2.45) is 0 Å².